The second kappa shape index (κ2) is 5.40. The normalized spacial score (nSPS) is 25.2. The van der Waals surface area contributed by atoms with E-state index in [-0.39, 0.29) is 18.5 Å². The zero-order valence-corrected chi connectivity index (χ0v) is 12.6. The minimum Gasteiger partial charge on any atom is -0.371 e. The maximum atomic E-state index is 6.12. The SMILES string of the molecule is CCCN1CCOC2c3cccc4[nH]cc(c34)CC21.Cl. The van der Waals surface area contributed by atoms with Crippen LogP contribution in [0.15, 0.2) is 24.4 Å². The Morgan fingerprint density at radius 2 is 2.30 bits per heavy atom. The van der Waals surface area contributed by atoms with Crippen molar-refractivity contribution in [1.82, 2.24) is 9.88 Å². The molecule has 0 saturated carbocycles. The lowest BCUT2D eigenvalue weighted by molar-refractivity contribution is -0.0739. The quantitative estimate of drug-likeness (QED) is 0.920. The highest BCUT2D eigenvalue weighted by molar-refractivity contribution is 5.88. The van der Waals surface area contributed by atoms with Crippen LogP contribution in [0.5, 0.6) is 0 Å². The minimum absolute atomic E-state index is 0. The molecule has 2 unspecified atom stereocenters. The van der Waals surface area contributed by atoms with Crippen molar-refractivity contribution in [2.75, 3.05) is 19.7 Å². The highest BCUT2D eigenvalue weighted by Crippen LogP contribution is 2.40. The number of aromatic amines is 1. The largest absolute Gasteiger partial charge is 0.371 e. The average Bonchev–Trinajstić information content (AvgIpc) is 2.85. The van der Waals surface area contributed by atoms with Gasteiger partial charge >= 0.3 is 0 Å². The third-order valence-electron chi connectivity index (χ3n) is 4.56. The molecule has 0 bridgehead atoms. The molecule has 3 nitrogen and oxygen atoms in total. The molecule has 1 saturated heterocycles. The van der Waals surface area contributed by atoms with E-state index in [0.717, 1.165) is 19.6 Å². The maximum absolute atomic E-state index is 6.12. The number of H-pyrrole nitrogens is 1. The first-order valence-electron chi connectivity index (χ1n) is 7.33. The van der Waals surface area contributed by atoms with E-state index in [1.54, 1.807) is 0 Å². The van der Waals surface area contributed by atoms with Crippen LogP contribution in [0.2, 0.25) is 0 Å². The molecule has 1 fully saturated rings. The van der Waals surface area contributed by atoms with Gasteiger partial charge in [-0.15, -0.1) is 12.4 Å². The van der Waals surface area contributed by atoms with Gasteiger partial charge in [0.15, 0.2) is 0 Å². The summed E-state index contributed by atoms with van der Waals surface area (Å²) in [6.45, 7) is 5.37. The Labute approximate surface area is 125 Å². The monoisotopic (exact) mass is 292 g/mol. The lowest BCUT2D eigenvalue weighted by Crippen LogP contribution is -2.49. The predicted molar refractivity (Wildman–Crippen MR) is 83.6 cm³/mol. The Morgan fingerprint density at radius 3 is 3.15 bits per heavy atom. The fourth-order valence-electron chi connectivity index (χ4n) is 3.77. The molecule has 2 aliphatic rings. The average molecular weight is 293 g/mol. The van der Waals surface area contributed by atoms with Gasteiger partial charge in [0.05, 0.1) is 12.7 Å². The standard InChI is InChI=1S/C16H20N2O.ClH/c1-2-6-18-7-8-19-16-12-4-3-5-13-15(12)11(10-17-13)9-14(16)18;/h3-5,10,14,16-17H,2,6-9H2,1H3;1H. The Kier molecular flexibility index (Phi) is 3.76. The van der Waals surface area contributed by atoms with Crippen LogP contribution in [0, 0.1) is 0 Å². The van der Waals surface area contributed by atoms with Crippen LogP contribution in [-0.2, 0) is 11.2 Å². The van der Waals surface area contributed by atoms with E-state index in [1.807, 2.05) is 0 Å². The van der Waals surface area contributed by atoms with Crippen molar-refractivity contribution >= 4 is 23.3 Å². The smallest absolute Gasteiger partial charge is 0.0990 e. The summed E-state index contributed by atoms with van der Waals surface area (Å²) in [6, 6.07) is 7.06. The topological polar surface area (TPSA) is 28.3 Å². The van der Waals surface area contributed by atoms with Crippen molar-refractivity contribution in [3.63, 3.8) is 0 Å². The number of nitrogens with one attached hydrogen (secondary N) is 1. The summed E-state index contributed by atoms with van der Waals surface area (Å²) < 4.78 is 6.12. The van der Waals surface area contributed by atoms with E-state index < -0.39 is 0 Å². The summed E-state index contributed by atoms with van der Waals surface area (Å²) in [5.74, 6) is 0. The summed E-state index contributed by atoms with van der Waals surface area (Å²) in [4.78, 5) is 6.02. The van der Waals surface area contributed by atoms with Gasteiger partial charge in [-0.25, -0.2) is 0 Å². The van der Waals surface area contributed by atoms with Gasteiger partial charge in [0.25, 0.3) is 0 Å². The number of halogens is 1. The van der Waals surface area contributed by atoms with Gasteiger partial charge in [0, 0.05) is 29.7 Å². The van der Waals surface area contributed by atoms with Crippen LogP contribution >= 0.6 is 12.4 Å². The van der Waals surface area contributed by atoms with Crippen molar-refractivity contribution < 1.29 is 4.74 Å². The number of hydrogen-bond acceptors (Lipinski definition) is 2. The number of fused-ring (bicyclic) bond motifs is 2. The molecule has 0 spiro atoms. The number of nitrogens with zero attached hydrogens (tertiary/aromatic N) is 1. The van der Waals surface area contributed by atoms with Gasteiger partial charge in [0.2, 0.25) is 0 Å². The molecule has 4 rings (SSSR count). The Bertz CT molecular complexity index is 608. The Balaban J connectivity index is 0.00000121. The van der Waals surface area contributed by atoms with Crippen molar-refractivity contribution in [3.8, 4) is 0 Å². The number of ether oxygens (including phenoxy) is 1. The number of morpholine rings is 1. The molecular formula is C16H21ClN2O. The zero-order chi connectivity index (χ0) is 12.8. The van der Waals surface area contributed by atoms with Crippen LogP contribution in [-0.4, -0.2) is 35.6 Å². The number of aromatic nitrogens is 1. The van der Waals surface area contributed by atoms with E-state index >= 15 is 0 Å². The van der Waals surface area contributed by atoms with Gasteiger partial charge in [0.1, 0.15) is 0 Å². The number of benzene rings is 1. The summed E-state index contributed by atoms with van der Waals surface area (Å²) in [7, 11) is 0. The fourth-order valence-corrected chi connectivity index (χ4v) is 3.77. The zero-order valence-electron chi connectivity index (χ0n) is 11.8. The number of rotatable bonds is 2. The maximum Gasteiger partial charge on any atom is 0.0990 e. The van der Waals surface area contributed by atoms with E-state index in [9.17, 15) is 0 Å². The molecule has 4 heteroatoms. The van der Waals surface area contributed by atoms with Crippen LogP contribution in [0.1, 0.15) is 30.6 Å². The van der Waals surface area contributed by atoms with E-state index in [2.05, 4.69) is 41.2 Å². The molecule has 1 aromatic carbocycles. The van der Waals surface area contributed by atoms with E-state index in [0.29, 0.717) is 6.04 Å². The summed E-state index contributed by atoms with van der Waals surface area (Å²) in [5.41, 5.74) is 4.09. The Hall–Kier alpha value is -1.03. The summed E-state index contributed by atoms with van der Waals surface area (Å²) in [5, 5.41) is 1.40. The fraction of sp³-hybridized carbons (Fsp3) is 0.500. The number of hydrogen-bond donors (Lipinski definition) is 1. The highest BCUT2D eigenvalue weighted by atomic mass is 35.5. The third kappa shape index (κ3) is 1.96. The summed E-state index contributed by atoms with van der Waals surface area (Å²) >= 11 is 0. The van der Waals surface area contributed by atoms with Gasteiger partial charge in [-0.05, 0) is 36.6 Å². The van der Waals surface area contributed by atoms with Crippen LogP contribution in [0.3, 0.4) is 0 Å². The van der Waals surface area contributed by atoms with Crippen LogP contribution in [0.25, 0.3) is 10.9 Å². The second-order valence-electron chi connectivity index (χ2n) is 5.68. The third-order valence-corrected chi connectivity index (χ3v) is 4.56. The molecule has 20 heavy (non-hydrogen) atoms. The van der Waals surface area contributed by atoms with E-state index in [1.165, 1.54) is 35.0 Å². The first kappa shape index (κ1) is 13.9. The molecule has 1 N–H and O–H groups in total. The second-order valence-corrected chi connectivity index (χ2v) is 5.68. The first-order chi connectivity index (χ1) is 9.38. The Morgan fingerprint density at radius 1 is 1.40 bits per heavy atom. The molecule has 0 amide bonds. The molecular weight excluding hydrogens is 272 g/mol. The predicted octanol–water partition coefficient (Wildman–Crippen LogP) is 3.30. The molecule has 1 aliphatic heterocycles. The lowest BCUT2D eigenvalue weighted by atomic mass is 9.85. The highest BCUT2D eigenvalue weighted by Gasteiger charge is 2.37. The summed E-state index contributed by atoms with van der Waals surface area (Å²) in [6.07, 6.45) is 4.77. The lowest BCUT2D eigenvalue weighted by Gasteiger charge is -2.43. The molecule has 2 heterocycles. The molecule has 0 radical (unpaired) electrons. The van der Waals surface area contributed by atoms with Gasteiger partial charge in [-0.3, -0.25) is 4.90 Å². The molecule has 2 atom stereocenters. The minimum atomic E-state index is 0. The van der Waals surface area contributed by atoms with Gasteiger partial charge in [-0.1, -0.05) is 19.1 Å². The van der Waals surface area contributed by atoms with Crippen LogP contribution < -0.4 is 0 Å². The van der Waals surface area contributed by atoms with Gasteiger partial charge in [-0.2, -0.15) is 0 Å². The molecule has 108 valence electrons. The van der Waals surface area contributed by atoms with Crippen LogP contribution in [0.4, 0.5) is 0 Å². The molecule has 1 aromatic heterocycles. The first-order valence-corrected chi connectivity index (χ1v) is 7.33. The van der Waals surface area contributed by atoms with E-state index in [4.69, 9.17) is 4.74 Å². The van der Waals surface area contributed by atoms with Crippen molar-refractivity contribution in [2.24, 2.45) is 0 Å². The van der Waals surface area contributed by atoms with Crippen molar-refractivity contribution in [2.45, 2.75) is 31.9 Å². The van der Waals surface area contributed by atoms with Crippen molar-refractivity contribution in [3.05, 3.63) is 35.5 Å². The van der Waals surface area contributed by atoms with Gasteiger partial charge < -0.3 is 9.72 Å². The van der Waals surface area contributed by atoms with Crippen molar-refractivity contribution in [1.29, 1.82) is 0 Å². The molecule has 1 aliphatic carbocycles. The molecule has 2 aromatic rings.